The summed E-state index contributed by atoms with van der Waals surface area (Å²) < 4.78 is 37.4. The van der Waals surface area contributed by atoms with Gasteiger partial charge in [0.1, 0.15) is 13.4 Å². The van der Waals surface area contributed by atoms with Gasteiger partial charge in [-0.1, -0.05) is 0 Å². The largest absolute Gasteiger partial charge is 0.508 e. The van der Waals surface area contributed by atoms with Crippen LogP contribution in [0, 0.1) is 0 Å². The van der Waals surface area contributed by atoms with Gasteiger partial charge in [0.25, 0.3) is 0 Å². The first-order valence-corrected chi connectivity index (χ1v) is 10.3. The maximum Gasteiger partial charge on any atom is 0.508 e. The van der Waals surface area contributed by atoms with Crippen molar-refractivity contribution in [2.75, 3.05) is 45.6 Å². The van der Waals surface area contributed by atoms with Crippen LogP contribution in [0.15, 0.2) is 0 Å². The first-order chi connectivity index (χ1) is 5.46. The molecule has 0 aliphatic heterocycles. The molecule has 0 saturated carbocycles. The Kier molecular flexibility index (Phi) is 4.23. The molecule has 0 heterocycles. The number of halogens is 3. The Balaban J connectivity index is 4.21. The Morgan fingerprint density at radius 2 is 1.23 bits per heavy atom. The van der Waals surface area contributed by atoms with Crippen molar-refractivity contribution in [2.45, 2.75) is 5.92 Å². The molecule has 0 nitrogen and oxygen atoms in total. The SMILES string of the molecule is C[P+](C)(C)CC[P+](C)(C)C(F)(F)F. The topological polar surface area (TPSA) is 0 Å². The molecule has 0 saturated heterocycles. The highest BCUT2D eigenvalue weighted by Gasteiger charge is 2.55. The van der Waals surface area contributed by atoms with Gasteiger partial charge in [-0.25, -0.2) is 0 Å². The van der Waals surface area contributed by atoms with Crippen LogP contribution in [0.5, 0.6) is 0 Å². The fourth-order valence-corrected chi connectivity index (χ4v) is 5.33. The third-order valence-electron chi connectivity index (χ3n) is 2.02. The van der Waals surface area contributed by atoms with Gasteiger partial charge in [-0.2, -0.15) is 0 Å². The molecule has 0 aromatic carbocycles. The summed E-state index contributed by atoms with van der Waals surface area (Å²) in [6, 6.07) is 0. The lowest BCUT2D eigenvalue weighted by atomic mass is 11.0. The van der Waals surface area contributed by atoms with Crippen LogP contribution in [0.2, 0.25) is 0 Å². The molecule has 0 aromatic rings. The van der Waals surface area contributed by atoms with E-state index >= 15 is 0 Å². The van der Waals surface area contributed by atoms with Crippen molar-refractivity contribution in [3.05, 3.63) is 0 Å². The summed E-state index contributed by atoms with van der Waals surface area (Å²) in [4.78, 5) is 0. The molecule has 0 fully saturated rings. The van der Waals surface area contributed by atoms with Gasteiger partial charge in [-0.3, -0.25) is 0 Å². The molecule has 0 radical (unpaired) electrons. The second-order valence-electron chi connectivity index (χ2n) is 4.89. The Hall–Kier alpha value is 0.650. The molecule has 0 aliphatic carbocycles. The summed E-state index contributed by atoms with van der Waals surface area (Å²) in [6.07, 6.45) is 1.11. The summed E-state index contributed by atoms with van der Waals surface area (Å²) in [5, 5.41) is 0. The van der Waals surface area contributed by atoms with Crippen LogP contribution in [-0.2, 0) is 0 Å². The molecule has 13 heavy (non-hydrogen) atoms. The predicted molar refractivity (Wildman–Crippen MR) is 59.2 cm³/mol. The quantitative estimate of drug-likeness (QED) is 0.653. The van der Waals surface area contributed by atoms with E-state index in [0.29, 0.717) is 6.16 Å². The zero-order valence-corrected chi connectivity index (χ0v) is 10.7. The first-order valence-electron chi connectivity index (χ1n) is 4.16. The third-order valence-corrected chi connectivity index (χ3v) is 6.65. The van der Waals surface area contributed by atoms with Gasteiger partial charge in [-0.05, 0) is 0 Å². The molecular weight excluding hydrogens is 215 g/mol. The molecule has 0 rings (SSSR count). The minimum absolute atomic E-state index is 0.355. The van der Waals surface area contributed by atoms with Crippen molar-refractivity contribution >= 4 is 14.5 Å². The van der Waals surface area contributed by atoms with Crippen molar-refractivity contribution in [3.8, 4) is 0 Å². The summed E-state index contributed by atoms with van der Waals surface area (Å²) in [5.74, 6) is -3.96. The second kappa shape index (κ2) is 4.03. The van der Waals surface area contributed by atoms with E-state index in [-0.39, 0.29) is 0 Å². The van der Waals surface area contributed by atoms with Crippen molar-refractivity contribution in [1.82, 2.24) is 0 Å². The van der Waals surface area contributed by atoms with Gasteiger partial charge in [0.15, 0.2) is 0 Å². The standard InChI is InChI=1S/C8H19F3P2/c1-12(2,3)6-7-13(4,5)8(9,10)11/h6-7H2,1-5H3/q+2. The van der Waals surface area contributed by atoms with Gasteiger partial charge in [0.05, 0.1) is 19.5 Å². The van der Waals surface area contributed by atoms with Gasteiger partial charge in [-0.15, -0.1) is 13.2 Å². The van der Waals surface area contributed by atoms with Crippen molar-refractivity contribution < 1.29 is 13.2 Å². The lowest BCUT2D eigenvalue weighted by Crippen LogP contribution is -2.18. The van der Waals surface area contributed by atoms with Crippen LogP contribution in [0.1, 0.15) is 0 Å². The van der Waals surface area contributed by atoms with Crippen LogP contribution in [0.25, 0.3) is 0 Å². The molecule has 0 amide bonds. The summed E-state index contributed by atoms with van der Waals surface area (Å²) in [6.45, 7) is 9.04. The Labute approximate surface area is 80.0 Å². The second-order valence-corrected chi connectivity index (χ2v) is 14.2. The fraction of sp³-hybridized carbons (Fsp3) is 1.00. The highest BCUT2D eigenvalue weighted by atomic mass is 31.2. The molecule has 0 unspecified atom stereocenters. The molecule has 80 valence electrons. The van der Waals surface area contributed by atoms with Crippen LogP contribution >= 0.6 is 14.5 Å². The van der Waals surface area contributed by atoms with E-state index in [0.717, 1.165) is 6.16 Å². The molecular formula is C8H19F3P2+2. The third kappa shape index (κ3) is 5.18. The van der Waals surface area contributed by atoms with Gasteiger partial charge in [0, 0.05) is 27.3 Å². The van der Waals surface area contributed by atoms with E-state index in [9.17, 15) is 13.2 Å². The van der Waals surface area contributed by atoms with Gasteiger partial charge in [0.2, 0.25) is 0 Å². The zero-order valence-electron chi connectivity index (χ0n) is 8.94. The minimum atomic E-state index is -3.96. The molecule has 5 heteroatoms. The monoisotopic (exact) mass is 234 g/mol. The number of hydrogen-bond acceptors (Lipinski definition) is 0. The molecule has 0 bridgehead atoms. The van der Waals surface area contributed by atoms with Crippen LogP contribution < -0.4 is 0 Å². The normalized spacial score (nSPS) is 14.8. The maximum absolute atomic E-state index is 12.5. The van der Waals surface area contributed by atoms with Crippen LogP contribution in [0.4, 0.5) is 13.2 Å². The van der Waals surface area contributed by atoms with Crippen LogP contribution in [0.3, 0.4) is 0 Å². The molecule has 0 N–H and O–H groups in total. The van der Waals surface area contributed by atoms with Crippen molar-refractivity contribution in [2.24, 2.45) is 0 Å². The van der Waals surface area contributed by atoms with E-state index in [1.165, 1.54) is 13.3 Å². The lowest BCUT2D eigenvalue weighted by Gasteiger charge is -2.21. The molecule has 0 spiro atoms. The summed E-state index contributed by atoms with van der Waals surface area (Å²) >= 11 is 0. The van der Waals surface area contributed by atoms with E-state index < -0.39 is 20.4 Å². The predicted octanol–water partition coefficient (Wildman–Crippen LogP) is 3.69. The van der Waals surface area contributed by atoms with E-state index in [2.05, 4.69) is 20.0 Å². The minimum Gasteiger partial charge on any atom is -0.135 e. The van der Waals surface area contributed by atoms with E-state index in [1.807, 2.05) is 0 Å². The Bertz CT molecular complexity index is 167. The van der Waals surface area contributed by atoms with Gasteiger partial charge < -0.3 is 0 Å². The van der Waals surface area contributed by atoms with Gasteiger partial charge >= 0.3 is 5.92 Å². The molecule has 0 aromatic heterocycles. The lowest BCUT2D eigenvalue weighted by molar-refractivity contribution is -0.0427. The zero-order chi connectivity index (χ0) is 10.9. The molecule has 0 aliphatic rings. The van der Waals surface area contributed by atoms with E-state index in [4.69, 9.17) is 0 Å². The van der Waals surface area contributed by atoms with E-state index in [1.54, 1.807) is 0 Å². The maximum atomic E-state index is 12.5. The van der Waals surface area contributed by atoms with Crippen molar-refractivity contribution in [1.29, 1.82) is 0 Å². The Morgan fingerprint density at radius 1 is 0.846 bits per heavy atom. The van der Waals surface area contributed by atoms with Crippen molar-refractivity contribution in [3.63, 3.8) is 0 Å². The summed E-state index contributed by atoms with van der Waals surface area (Å²) in [5.41, 5.74) is 0. The average molecular weight is 234 g/mol. The Morgan fingerprint density at radius 3 is 1.46 bits per heavy atom. The highest BCUT2D eigenvalue weighted by Crippen LogP contribution is 2.67. The number of hydrogen-bond donors (Lipinski definition) is 0. The highest BCUT2D eigenvalue weighted by molar-refractivity contribution is 7.78. The van der Waals surface area contributed by atoms with Crippen LogP contribution in [-0.4, -0.2) is 51.6 Å². The fourth-order valence-electron chi connectivity index (χ4n) is 0.677. The summed E-state index contributed by atoms with van der Waals surface area (Å²) in [7, 11) is -3.75. The first kappa shape index (κ1) is 13.7. The molecule has 0 atom stereocenters. The average Bonchev–Trinajstić information content (AvgIpc) is 1.79. The smallest absolute Gasteiger partial charge is 0.135 e. The number of alkyl halides is 3. The number of rotatable bonds is 3.